The average molecular weight is 949 g/mol. The van der Waals surface area contributed by atoms with Crippen LogP contribution in [0.3, 0.4) is 0 Å². The summed E-state index contributed by atoms with van der Waals surface area (Å²) in [4.78, 5) is 2.55. The van der Waals surface area contributed by atoms with Crippen LogP contribution in [0.15, 0.2) is 255 Å². The van der Waals surface area contributed by atoms with Gasteiger partial charge in [-0.3, -0.25) is 0 Å². The lowest BCUT2D eigenvalue weighted by atomic mass is 9.74. The zero-order valence-electron chi connectivity index (χ0n) is 41.8. The predicted molar refractivity (Wildman–Crippen MR) is 313 cm³/mol. The average Bonchev–Trinajstić information content (AvgIpc) is 3.96. The maximum Gasteiger partial charge on any atom is 0.0547 e. The number of hydrogen-bond acceptors (Lipinski definition) is 1. The Bertz CT molecular complexity index is 4060. The highest BCUT2D eigenvalue weighted by atomic mass is 15.1. The van der Waals surface area contributed by atoms with Gasteiger partial charge in [-0.2, -0.15) is 0 Å². The first-order chi connectivity index (χ1) is 36.6. The van der Waals surface area contributed by atoms with E-state index in [1.165, 1.54) is 131 Å². The molecule has 1 fully saturated rings. The van der Waals surface area contributed by atoms with Crippen LogP contribution in [0.4, 0.5) is 17.1 Å². The highest BCUT2D eigenvalue weighted by molar-refractivity contribution is 6.10. The van der Waals surface area contributed by atoms with Crippen LogP contribution in [0, 0.1) is 0 Å². The number of aromatic nitrogens is 1. The molecule has 1 heterocycles. The van der Waals surface area contributed by atoms with Crippen molar-refractivity contribution in [3.05, 3.63) is 277 Å². The molecule has 1 saturated carbocycles. The van der Waals surface area contributed by atoms with Gasteiger partial charge in [0.1, 0.15) is 0 Å². The van der Waals surface area contributed by atoms with Gasteiger partial charge in [0.15, 0.2) is 0 Å². The highest BCUT2D eigenvalue weighted by Gasteiger charge is 2.42. The zero-order chi connectivity index (χ0) is 49.2. The van der Waals surface area contributed by atoms with Gasteiger partial charge in [-0.05, 0) is 141 Å². The normalized spacial score (nSPS) is 15.4. The molecule has 354 valence electrons. The van der Waals surface area contributed by atoms with Crippen molar-refractivity contribution in [2.75, 3.05) is 4.90 Å². The molecule has 2 heteroatoms. The standard InChI is InChI=1S/C72H56N2/c1-72(53-26-7-3-8-27-53)64-37-15-11-33-63(64)71-62(36-21-38-65(71)72)59-32-14-18-41-68(59)73(67-40-17-13-31-58(67)61-35-20-25-51-24-19-34-56(70(51)61)50-22-5-2-6-23-50)55-45-42-49(43-46-55)52-44-47-60-57-30-12-16-39-66(57)74(69(60)48-52)54-28-9-4-10-29-54/h3-4,7-21,24-48,50H,2,5-6,22-23H2,1H3. The Morgan fingerprint density at radius 1 is 0.419 bits per heavy atom. The predicted octanol–water partition coefficient (Wildman–Crippen LogP) is 19.8. The minimum Gasteiger partial charge on any atom is -0.309 e. The van der Waals surface area contributed by atoms with Crippen molar-refractivity contribution >= 4 is 49.6 Å². The van der Waals surface area contributed by atoms with Crippen molar-refractivity contribution in [2.24, 2.45) is 0 Å². The molecule has 74 heavy (non-hydrogen) atoms. The summed E-state index contributed by atoms with van der Waals surface area (Å²) in [6.45, 7) is 2.41. The van der Waals surface area contributed by atoms with Gasteiger partial charge in [0.25, 0.3) is 0 Å². The van der Waals surface area contributed by atoms with Gasteiger partial charge >= 0.3 is 0 Å². The quantitative estimate of drug-likeness (QED) is 0.140. The highest BCUT2D eigenvalue weighted by Crippen LogP contribution is 2.57. The van der Waals surface area contributed by atoms with E-state index in [1.807, 2.05) is 0 Å². The van der Waals surface area contributed by atoms with Crippen LogP contribution in [0.25, 0.3) is 82.8 Å². The fourth-order valence-electron chi connectivity index (χ4n) is 13.2. The Hall–Kier alpha value is -8.72. The topological polar surface area (TPSA) is 8.17 Å². The Morgan fingerprint density at radius 3 is 1.76 bits per heavy atom. The van der Waals surface area contributed by atoms with Crippen LogP contribution in [-0.2, 0) is 5.41 Å². The SMILES string of the molecule is CC1(c2ccccc2)c2ccccc2-c2c(-c3ccccc3N(c3ccc(-c4ccc5c6ccccc6n(-c6ccccc6)c5c4)cc3)c3ccccc3-c3cccc4cccc(C5CCCCC5)c34)cccc21. The van der Waals surface area contributed by atoms with E-state index in [0.717, 1.165) is 22.7 Å². The van der Waals surface area contributed by atoms with Crippen LogP contribution < -0.4 is 4.90 Å². The van der Waals surface area contributed by atoms with Gasteiger partial charge < -0.3 is 9.47 Å². The molecule has 0 bridgehead atoms. The molecule has 0 saturated heterocycles. The van der Waals surface area contributed by atoms with Gasteiger partial charge in [0, 0.05) is 38.7 Å². The number of rotatable bonds is 9. The summed E-state index contributed by atoms with van der Waals surface area (Å²) in [5.74, 6) is 0.558. The number of anilines is 3. The van der Waals surface area contributed by atoms with Crippen LogP contribution in [0.2, 0.25) is 0 Å². The lowest BCUT2D eigenvalue weighted by Gasteiger charge is -2.31. The molecule has 2 aliphatic carbocycles. The van der Waals surface area contributed by atoms with E-state index in [1.54, 1.807) is 0 Å². The third-order valence-corrected chi connectivity index (χ3v) is 16.7. The number of hydrogen-bond donors (Lipinski definition) is 0. The molecular weight excluding hydrogens is 893 g/mol. The largest absolute Gasteiger partial charge is 0.309 e. The van der Waals surface area contributed by atoms with Gasteiger partial charge in [0.05, 0.1) is 22.4 Å². The summed E-state index contributed by atoms with van der Waals surface area (Å²) < 4.78 is 2.41. The molecule has 12 aromatic rings. The summed E-state index contributed by atoms with van der Waals surface area (Å²) in [6.07, 6.45) is 6.41. The second kappa shape index (κ2) is 18.1. The number of nitrogens with zero attached hydrogens (tertiary/aromatic N) is 2. The van der Waals surface area contributed by atoms with Crippen molar-refractivity contribution in [1.29, 1.82) is 0 Å². The summed E-state index contributed by atoms with van der Waals surface area (Å²) in [6, 6.07) is 95.2. The molecule has 0 amide bonds. The summed E-state index contributed by atoms with van der Waals surface area (Å²) >= 11 is 0. The Morgan fingerprint density at radius 2 is 0.986 bits per heavy atom. The van der Waals surface area contributed by atoms with Gasteiger partial charge in [0.2, 0.25) is 0 Å². The molecule has 2 aliphatic rings. The number of para-hydroxylation sites is 4. The first-order valence-corrected chi connectivity index (χ1v) is 26.6. The fraction of sp³-hybridized carbons (Fsp3) is 0.111. The lowest BCUT2D eigenvalue weighted by molar-refractivity contribution is 0.445. The van der Waals surface area contributed by atoms with E-state index in [2.05, 4.69) is 271 Å². The van der Waals surface area contributed by atoms with E-state index >= 15 is 0 Å². The molecular formula is C72H56N2. The Labute approximate surface area is 434 Å². The zero-order valence-corrected chi connectivity index (χ0v) is 41.8. The Balaban J connectivity index is 0.975. The third-order valence-electron chi connectivity index (χ3n) is 16.7. The minimum atomic E-state index is -0.316. The molecule has 0 aliphatic heterocycles. The van der Waals surface area contributed by atoms with Crippen molar-refractivity contribution < 1.29 is 0 Å². The molecule has 11 aromatic carbocycles. The molecule has 14 rings (SSSR count). The molecule has 0 N–H and O–H groups in total. The fourth-order valence-corrected chi connectivity index (χ4v) is 13.2. The van der Waals surface area contributed by atoms with Crippen molar-refractivity contribution in [3.63, 3.8) is 0 Å². The van der Waals surface area contributed by atoms with Crippen LogP contribution in [0.5, 0.6) is 0 Å². The summed E-state index contributed by atoms with van der Waals surface area (Å²) in [5.41, 5.74) is 22.0. The molecule has 1 unspecified atom stereocenters. The number of fused-ring (bicyclic) bond motifs is 7. The maximum absolute atomic E-state index is 2.55. The molecule has 1 atom stereocenters. The van der Waals surface area contributed by atoms with E-state index in [4.69, 9.17) is 0 Å². The first kappa shape index (κ1) is 44.0. The van der Waals surface area contributed by atoms with Gasteiger partial charge in [-0.15, -0.1) is 0 Å². The summed E-state index contributed by atoms with van der Waals surface area (Å²) in [5, 5.41) is 5.21. The molecule has 2 nitrogen and oxygen atoms in total. The van der Waals surface area contributed by atoms with Crippen molar-refractivity contribution in [3.8, 4) is 50.2 Å². The van der Waals surface area contributed by atoms with Gasteiger partial charge in [-0.1, -0.05) is 226 Å². The van der Waals surface area contributed by atoms with Gasteiger partial charge in [-0.25, -0.2) is 0 Å². The third kappa shape index (κ3) is 7.07. The second-order valence-corrected chi connectivity index (χ2v) is 20.7. The van der Waals surface area contributed by atoms with Crippen LogP contribution in [-0.4, -0.2) is 4.57 Å². The second-order valence-electron chi connectivity index (χ2n) is 20.7. The first-order valence-electron chi connectivity index (χ1n) is 26.6. The van der Waals surface area contributed by atoms with E-state index < -0.39 is 0 Å². The van der Waals surface area contributed by atoms with E-state index in [-0.39, 0.29) is 5.41 Å². The molecule has 0 spiro atoms. The summed E-state index contributed by atoms with van der Waals surface area (Å²) in [7, 11) is 0. The van der Waals surface area contributed by atoms with E-state index in [9.17, 15) is 0 Å². The molecule has 0 radical (unpaired) electrons. The van der Waals surface area contributed by atoms with Crippen LogP contribution in [0.1, 0.15) is 67.2 Å². The monoisotopic (exact) mass is 948 g/mol. The smallest absolute Gasteiger partial charge is 0.0547 e. The number of benzene rings is 11. The van der Waals surface area contributed by atoms with Crippen LogP contribution >= 0.6 is 0 Å². The maximum atomic E-state index is 2.55. The lowest BCUT2D eigenvalue weighted by Crippen LogP contribution is -2.22. The molecule has 1 aromatic heterocycles. The minimum absolute atomic E-state index is 0.316. The Kier molecular flexibility index (Phi) is 10.8. The van der Waals surface area contributed by atoms with Crippen molar-refractivity contribution in [1.82, 2.24) is 4.57 Å². The van der Waals surface area contributed by atoms with Crippen molar-refractivity contribution in [2.45, 2.75) is 50.4 Å². The van der Waals surface area contributed by atoms with E-state index in [0.29, 0.717) is 5.92 Å².